The maximum atomic E-state index is 15.2. The van der Waals surface area contributed by atoms with E-state index in [0.717, 1.165) is 28.5 Å². The lowest BCUT2D eigenvalue weighted by Gasteiger charge is -2.36. The number of amides is 9. The van der Waals surface area contributed by atoms with Crippen LogP contribution in [0.15, 0.2) is 85.1 Å². The Hall–Kier alpha value is -8.00. The molecule has 2 aliphatic rings. The number of aromatic nitrogens is 1. The van der Waals surface area contributed by atoms with Crippen LogP contribution in [0.25, 0.3) is 10.9 Å². The lowest BCUT2D eigenvalue weighted by Crippen LogP contribution is -2.68. The zero-order chi connectivity index (χ0) is 72.8. The van der Waals surface area contributed by atoms with E-state index in [4.69, 9.17) is 17.2 Å². The fourth-order valence-corrected chi connectivity index (χ4v) is 13.5. The summed E-state index contributed by atoms with van der Waals surface area (Å²) in [5, 5.41) is 83.1. The minimum absolute atomic E-state index is 0.0602. The molecule has 1 aromatic heterocycles. The molecule has 3 aromatic carbocycles. The van der Waals surface area contributed by atoms with E-state index in [1.807, 2.05) is 6.92 Å². The van der Waals surface area contributed by atoms with Gasteiger partial charge in [-0.3, -0.25) is 53.8 Å². The molecule has 2 aliphatic heterocycles. The summed E-state index contributed by atoms with van der Waals surface area (Å²) in [4.78, 5) is 146. The molecule has 12 unspecified atom stereocenters. The summed E-state index contributed by atoms with van der Waals surface area (Å²) < 4.78 is 0. The highest BCUT2D eigenvalue weighted by molar-refractivity contribution is 8.76. The largest absolute Gasteiger partial charge is 0.508 e. The zero-order valence-corrected chi connectivity index (χ0v) is 58.3. The first-order valence-electron chi connectivity index (χ1n) is 33.5. The van der Waals surface area contributed by atoms with Gasteiger partial charge in [-0.25, -0.2) is 4.79 Å². The number of aliphatic hydroxyl groups is 2. The van der Waals surface area contributed by atoms with Crippen molar-refractivity contribution in [3.63, 3.8) is 0 Å². The van der Waals surface area contributed by atoms with E-state index in [2.05, 4.69) is 79.4 Å². The molecule has 32 nitrogen and oxygen atoms in total. The number of hydrogen-bond donors (Lipinski definition) is 22. The summed E-state index contributed by atoms with van der Waals surface area (Å²) in [6.45, 7) is 8.75. The van der Waals surface area contributed by atoms with E-state index in [-0.39, 0.29) is 75.3 Å². The molecule has 2 fully saturated rings. The number of carbonyl (C=O) groups is 10. The van der Waals surface area contributed by atoms with Crippen LogP contribution in [0.2, 0.25) is 0 Å². The Morgan fingerprint density at radius 2 is 1.31 bits per heavy atom. The number of benzene rings is 3. The van der Waals surface area contributed by atoms with Crippen molar-refractivity contribution in [2.24, 2.45) is 17.2 Å². The van der Waals surface area contributed by atoms with E-state index in [9.17, 15) is 58.8 Å². The zero-order valence-electron chi connectivity index (χ0n) is 56.6. The number of para-hydroxylation sites is 1. The van der Waals surface area contributed by atoms with Gasteiger partial charge in [0.25, 0.3) is 0 Å². The molecule has 0 radical (unpaired) electrons. The summed E-state index contributed by atoms with van der Waals surface area (Å²) >= 11 is 0. The number of phenols is 1. The van der Waals surface area contributed by atoms with Gasteiger partial charge in [0.1, 0.15) is 53.7 Å². The molecule has 0 spiro atoms. The van der Waals surface area contributed by atoms with Crippen LogP contribution in [0.4, 0.5) is 0 Å². The standard InChI is InChI=1S/C66H100N18O14S2/c1-39(85)55-63(96)81-52(62(95)83-56(40(2)86)64(97)98)35-100-99-34-51(80-58(91)48(30-41-12-5-4-6-13-41)76-53(88)17-11-18-54(89)84-65(3)36-71-26-27-72-38-66(69,37-70-25-24-68)75-29-28-74-65)61(94)78-49(31-42-19-21-44(87)22-20-42)59(92)79-50(32-43-33-73-46-15-8-7-14-45(43)46)60(93)77-47(57(90)82-55)16-9-10-23-67/h4-8,12-15,19-22,33,39-40,47-52,55-56,70-75,85-87H,9-11,16-18,23-32,34-38,67-69H2,1-3H3,(H,76,88)(H,77,93)(H,78,94)(H,79,92)(H,80,91)(H,81,96)(H,82,90)(H,83,95)(H,84,89)(H,97,98). The maximum absolute atomic E-state index is 15.2. The maximum Gasteiger partial charge on any atom is 0.328 e. The number of rotatable bonds is 27. The SMILES string of the molecule is CC(O)C(NC(=O)C1CSSCC(NC(=O)C(Cc2ccccc2)NC(=O)CCCC(=O)NC2(C)CNCCNCC(N)(CNCCN)NCCN2)C(=O)NC(Cc2ccc(O)cc2)C(=O)NC(Cc2c[nH]c3ccccc23)C(=O)NC(CCCCN)C(=O)NC(C(C)O)C(=O)N1)C(=O)O. The number of carboxylic acid groups (broad SMARTS) is 1. The fourth-order valence-electron chi connectivity index (χ4n) is 11.2. The first-order valence-corrected chi connectivity index (χ1v) is 36.0. The molecule has 2 saturated heterocycles. The van der Waals surface area contributed by atoms with Gasteiger partial charge >= 0.3 is 5.97 Å². The van der Waals surface area contributed by atoms with Gasteiger partial charge in [0.2, 0.25) is 53.2 Å². The molecule has 550 valence electrons. The quantitative estimate of drug-likeness (QED) is 0.0198. The third-order valence-corrected chi connectivity index (χ3v) is 19.1. The third-order valence-electron chi connectivity index (χ3n) is 16.7. The van der Waals surface area contributed by atoms with Crippen LogP contribution in [0.3, 0.4) is 0 Å². The van der Waals surface area contributed by atoms with Gasteiger partial charge in [-0.2, -0.15) is 0 Å². The summed E-state index contributed by atoms with van der Waals surface area (Å²) in [5.74, 6) is -10.3. The topological polar surface area (TPSA) is 514 Å². The van der Waals surface area contributed by atoms with Crippen LogP contribution >= 0.6 is 21.6 Å². The highest BCUT2D eigenvalue weighted by Gasteiger charge is 2.38. The summed E-state index contributed by atoms with van der Waals surface area (Å²) in [6.07, 6.45) is -1.83. The smallest absolute Gasteiger partial charge is 0.328 e. The first-order chi connectivity index (χ1) is 47.8. The number of aliphatic carboxylic acids is 1. The van der Waals surface area contributed by atoms with Gasteiger partial charge in [-0.1, -0.05) is 82.3 Å². The number of hydrogen-bond acceptors (Lipinski definition) is 23. The number of nitrogens with one attached hydrogen (secondary N) is 15. The fraction of sp³-hybridized carbons (Fsp3) is 0.545. The number of phenolic OH excluding ortho intramolecular Hbond substituents is 1. The van der Waals surface area contributed by atoms with E-state index in [1.165, 1.54) is 31.2 Å². The van der Waals surface area contributed by atoms with Crippen LogP contribution in [0.1, 0.15) is 76.0 Å². The van der Waals surface area contributed by atoms with E-state index >= 15 is 9.59 Å². The van der Waals surface area contributed by atoms with Crippen LogP contribution < -0.4 is 91.6 Å². The Bertz CT molecular complexity index is 3340. The molecule has 6 rings (SSSR count). The Labute approximate surface area is 588 Å². The van der Waals surface area contributed by atoms with Crippen molar-refractivity contribution in [1.29, 1.82) is 0 Å². The second-order valence-corrected chi connectivity index (χ2v) is 27.8. The first kappa shape index (κ1) is 81.0. The van der Waals surface area contributed by atoms with Crippen molar-refractivity contribution in [3.05, 3.63) is 102 Å². The number of H-pyrrole nitrogens is 1. The number of aromatic hydroxyl groups is 1. The molecule has 100 heavy (non-hydrogen) atoms. The van der Waals surface area contributed by atoms with Crippen LogP contribution in [0, 0.1) is 0 Å². The van der Waals surface area contributed by atoms with Crippen molar-refractivity contribution in [3.8, 4) is 5.75 Å². The molecular formula is C66H100N18O14S2. The number of aliphatic hydroxyl groups excluding tert-OH is 2. The molecule has 0 saturated carbocycles. The van der Waals surface area contributed by atoms with E-state index in [1.54, 1.807) is 60.8 Å². The minimum atomic E-state index is -1.88. The monoisotopic (exact) mass is 1430 g/mol. The van der Waals surface area contributed by atoms with Crippen molar-refractivity contribution < 1.29 is 68.4 Å². The summed E-state index contributed by atoms with van der Waals surface area (Å²) in [5.41, 5.74) is 18.8. The highest BCUT2D eigenvalue weighted by atomic mass is 33.1. The van der Waals surface area contributed by atoms with Crippen LogP contribution in [-0.2, 0) is 67.2 Å². The second kappa shape index (κ2) is 41.1. The third kappa shape index (κ3) is 26.8. The number of carboxylic acids is 1. The van der Waals surface area contributed by atoms with Gasteiger partial charge in [-0.05, 0) is 87.9 Å². The average molecular weight is 1430 g/mol. The second-order valence-electron chi connectivity index (χ2n) is 25.3. The molecule has 34 heteroatoms. The lowest BCUT2D eigenvalue weighted by atomic mass is 10.0. The van der Waals surface area contributed by atoms with Gasteiger partial charge in [0.05, 0.1) is 17.9 Å². The molecule has 25 N–H and O–H groups in total. The molecule has 4 aromatic rings. The molecular weight excluding hydrogens is 1330 g/mol. The van der Waals surface area contributed by atoms with Gasteiger partial charge in [0.15, 0.2) is 6.04 Å². The number of carbonyl (C=O) groups excluding carboxylic acids is 9. The van der Waals surface area contributed by atoms with Gasteiger partial charge in [0, 0.05) is 120 Å². The van der Waals surface area contributed by atoms with Crippen molar-refractivity contribution in [2.75, 3.05) is 77.0 Å². The molecule has 12 atom stereocenters. The van der Waals surface area contributed by atoms with Crippen molar-refractivity contribution in [2.45, 2.75) is 150 Å². The summed E-state index contributed by atoms with van der Waals surface area (Å²) in [6, 6.07) is 8.76. The van der Waals surface area contributed by atoms with Crippen molar-refractivity contribution >= 4 is 91.6 Å². The number of nitrogens with two attached hydrogens (primary N) is 3. The predicted octanol–water partition coefficient (Wildman–Crippen LogP) is -4.27. The van der Waals surface area contributed by atoms with Crippen LogP contribution in [-0.4, -0.2) is 233 Å². The Kier molecular flexibility index (Phi) is 33.2. The Balaban J connectivity index is 1.32. The van der Waals surface area contributed by atoms with E-state index in [0.29, 0.717) is 92.9 Å². The van der Waals surface area contributed by atoms with Crippen LogP contribution in [0.5, 0.6) is 5.75 Å². The molecule has 9 amide bonds. The predicted molar refractivity (Wildman–Crippen MR) is 379 cm³/mol. The van der Waals surface area contributed by atoms with E-state index < -0.39 is 131 Å². The van der Waals surface area contributed by atoms with Gasteiger partial charge in [-0.15, -0.1) is 0 Å². The van der Waals surface area contributed by atoms with Crippen molar-refractivity contribution in [1.82, 2.24) is 79.4 Å². The minimum Gasteiger partial charge on any atom is -0.508 e. The molecule has 0 aliphatic carbocycles. The van der Waals surface area contributed by atoms with Gasteiger partial charge < -0.3 is 106 Å². The molecule has 3 heterocycles. The lowest BCUT2D eigenvalue weighted by molar-refractivity contribution is -0.145. The average Bonchev–Trinajstić information content (AvgIpc) is 1.61. The number of aromatic amines is 1. The normalized spacial score (nSPS) is 24.1. The Morgan fingerprint density at radius 1 is 0.670 bits per heavy atom. The number of unbranched alkanes of at least 4 members (excludes halogenated alkanes) is 1. The summed E-state index contributed by atoms with van der Waals surface area (Å²) in [7, 11) is 1.75. The number of fused-ring (bicyclic) bond motifs is 1. The highest BCUT2D eigenvalue weighted by Crippen LogP contribution is 2.25. The Morgan fingerprint density at radius 3 is 2.00 bits per heavy atom. The molecule has 0 bridgehead atoms.